The Kier molecular flexibility index (Phi) is 3.17. The zero-order chi connectivity index (χ0) is 10.7. The van der Waals surface area contributed by atoms with Gasteiger partial charge in [-0.1, -0.05) is 64.5 Å². The van der Waals surface area contributed by atoms with Crippen LogP contribution < -0.4 is 0 Å². The van der Waals surface area contributed by atoms with Crippen molar-refractivity contribution in [1.82, 2.24) is 0 Å². The molecule has 15 heavy (non-hydrogen) atoms. The van der Waals surface area contributed by atoms with Crippen LogP contribution in [0.3, 0.4) is 0 Å². The van der Waals surface area contributed by atoms with Crippen molar-refractivity contribution < 1.29 is 4.79 Å². The Labute approximate surface area is 97.6 Å². The molecule has 0 amide bonds. The number of hydrogen-bond donors (Lipinski definition) is 0. The highest BCUT2D eigenvalue weighted by atomic mass is 79.9. The third-order valence-electron chi connectivity index (χ3n) is 2.45. The highest BCUT2D eigenvalue weighted by Crippen LogP contribution is 2.23. The summed E-state index contributed by atoms with van der Waals surface area (Å²) in [7, 11) is 0. The van der Waals surface area contributed by atoms with E-state index in [0.717, 1.165) is 16.5 Å². The van der Waals surface area contributed by atoms with E-state index in [2.05, 4.69) is 15.9 Å². The van der Waals surface area contributed by atoms with E-state index in [-0.39, 0.29) is 11.7 Å². The Balaban J connectivity index is 2.14. The van der Waals surface area contributed by atoms with Crippen LogP contribution in [0.1, 0.15) is 16.8 Å². The van der Waals surface area contributed by atoms with Crippen LogP contribution in [0, 0.1) is 5.92 Å². The van der Waals surface area contributed by atoms with E-state index in [0.29, 0.717) is 0 Å². The van der Waals surface area contributed by atoms with Crippen molar-refractivity contribution in [3.63, 3.8) is 0 Å². The van der Waals surface area contributed by atoms with E-state index in [1.54, 1.807) is 0 Å². The minimum atomic E-state index is -0.00583. The summed E-state index contributed by atoms with van der Waals surface area (Å²) in [6, 6.07) is 9.44. The zero-order valence-corrected chi connectivity index (χ0v) is 9.78. The molecule has 1 aliphatic carbocycles. The van der Waals surface area contributed by atoms with E-state index in [4.69, 9.17) is 0 Å². The van der Waals surface area contributed by atoms with Crippen molar-refractivity contribution in [2.45, 2.75) is 6.42 Å². The third kappa shape index (κ3) is 2.45. The number of rotatable bonds is 2. The molecule has 0 saturated heterocycles. The van der Waals surface area contributed by atoms with Gasteiger partial charge in [0.05, 0.1) is 0 Å². The molecular weight excluding hydrogens is 252 g/mol. The molecule has 1 aromatic rings. The standard InChI is InChI=1S/C13H11BrO/c14-12-8-6-11(7-9-12)13(15)10-4-2-1-3-5-10/h1-6,8-9,11H,7H2. The second-order valence-electron chi connectivity index (χ2n) is 3.52. The van der Waals surface area contributed by atoms with Gasteiger partial charge < -0.3 is 0 Å². The molecule has 0 aromatic heterocycles. The number of benzene rings is 1. The predicted molar refractivity (Wildman–Crippen MR) is 65.0 cm³/mol. The van der Waals surface area contributed by atoms with Gasteiger partial charge in [-0.05, 0) is 6.42 Å². The lowest BCUT2D eigenvalue weighted by Gasteiger charge is -2.12. The molecule has 1 atom stereocenters. The fourth-order valence-electron chi connectivity index (χ4n) is 1.61. The first kappa shape index (κ1) is 10.4. The highest BCUT2D eigenvalue weighted by Gasteiger charge is 2.17. The SMILES string of the molecule is O=C(c1ccccc1)C1C=CC(Br)=CC1. The van der Waals surface area contributed by atoms with Gasteiger partial charge >= 0.3 is 0 Å². The normalized spacial score (nSPS) is 19.8. The number of carbonyl (C=O) groups is 1. The lowest BCUT2D eigenvalue weighted by atomic mass is 9.92. The zero-order valence-electron chi connectivity index (χ0n) is 8.19. The van der Waals surface area contributed by atoms with Crippen molar-refractivity contribution >= 4 is 21.7 Å². The Morgan fingerprint density at radius 2 is 2.00 bits per heavy atom. The van der Waals surface area contributed by atoms with Crippen molar-refractivity contribution in [3.05, 3.63) is 58.6 Å². The van der Waals surface area contributed by atoms with Crippen molar-refractivity contribution in [1.29, 1.82) is 0 Å². The molecule has 1 aliphatic rings. The van der Waals surface area contributed by atoms with Gasteiger partial charge in [0.1, 0.15) is 0 Å². The highest BCUT2D eigenvalue weighted by molar-refractivity contribution is 9.11. The maximum atomic E-state index is 12.0. The van der Waals surface area contributed by atoms with Crippen LogP contribution in [0.5, 0.6) is 0 Å². The lowest BCUT2D eigenvalue weighted by Crippen LogP contribution is -2.13. The second-order valence-corrected chi connectivity index (χ2v) is 4.44. The summed E-state index contributed by atoms with van der Waals surface area (Å²) in [4.78, 5) is 12.0. The maximum absolute atomic E-state index is 12.0. The molecule has 0 bridgehead atoms. The first-order chi connectivity index (χ1) is 7.27. The first-order valence-electron chi connectivity index (χ1n) is 4.90. The lowest BCUT2D eigenvalue weighted by molar-refractivity contribution is 0.0945. The Hall–Kier alpha value is -1.15. The van der Waals surface area contributed by atoms with E-state index < -0.39 is 0 Å². The van der Waals surface area contributed by atoms with Crippen molar-refractivity contribution in [2.24, 2.45) is 5.92 Å². The molecule has 1 unspecified atom stereocenters. The summed E-state index contributed by atoms with van der Waals surface area (Å²) in [6.45, 7) is 0. The molecule has 0 heterocycles. The molecule has 1 aromatic carbocycles. The second kappa shape index (κ2) is 4.58. The smallest absolute Gasteiger partial charge is 0.170 e. The number of halogens is 1. The van der Waals surface area contributed by atoms with Crippen LogP contribution >= 0.6 is 15.9 Å². The minimum Gasteiger partial charge on any atom is -0.294 e. The molecule has 0 aliphatic heterocycles. The summed E-state index contributed by atoms with van der Waals surface area (Å²) in [6.07, 6.45) is 6.71. The summed E-state index contributed by atoms with van der Waals surface area (Å²) in [5, 5.41) is 0. The third-order valence-corrected chi connectivity index (χ3v) is 3.04. The van der Waals surface area contributed by atoms with E-state index in [1.807, 2.05) is 48.6 Å². The number of ketones is 1. The molecule has 2 heteroatoms. The molecule has 2 rings (SSSR count). The summed E-state index contributed by atoms with van der Waals surface area (Å²) >= 11 is 3.38. The number of carbonyl (C=O) groups excluding carboxylic acids is 1. The fourth-order valence-corrected chi connectivity index (χ4v) is 1.94. The molecule has 0 radical (unpaired) electrons. The van der Waals surface area contributed by atoms with Crippen LogP contribution in [0.2, 0.25) is 0 Å². The predicted octanol–water partition coefficient (Wildman–Crippen LogP) is 3.72. The molecule has 0 fully saturated rings. The number of Topliss-reactive ketones (excluding diaryl/α,β-unsaturated/α-hetero) is 1. The van der Waals surface area contributed by atoms with Crippen LogP contribution in [0.25, 0.3) is 0 Å². The van der Waals surface area contributed by atoms with Crippen LogP contribution in [-0.4, -0.2) is 5.78 Å². The summed E-state index contributed by atoms with van der Waals surface area (Å²) < 4.78 is 1.06. The summed E-state index contributed by atoms with van der Waals surface area (Å²) in [5.41, 5.74) is 0.790. The number of hydrogen-bond acceptors (Lipinski definition) is 1. The molecular formula is C13H11BrO. The van der Waals surface area contributed by atoms with Crippen molar-refractivity contribution in [3.8, 4) is 0 Å². The van der Waals surface area contributed by atoms with Crippen LogP contribution in [0.15, 0.2) is 53.0 Å². The van der Waals surface area contributed by atoms with Gasteiger partial charge in [-0.25, -0.2) is 0 Å². The molecule has 0 spiro atoms. The Bertz CT molecular complexity index is 417. The van der Waals surface area contributed by atoms with Gasteiger partial charge in [0.25, 0.3) is 0 Å². The van der Waals surface area contributed by atoms with Gasteiger partial charge in [0.15, 0.2) is 5.78 Å². The molecule has 76 valence electrons. The fraction of sp³-hybridized carbons (Fsp3) is 0.154. The minimum absolute atomic E-state index is 0.00583. The number of allylic oxidation sites excluding steroid dienone is 4. The topological polar surface area (TPSA) is 17.1 Å². The Morgan fingerprint density at radius 3 is 2.60 bits per heavy atom. The average molecular weight is 263 g/mol. The van der Waals surface area contributed by atoms with E-state index in [9.17, 15) is 4.79 Å². The molecule has 0 saturated carbocycles. The Morgan fingerprint density at radius 1 is 1.27 bits per heavy atom. The molecule has 1 nitrogen and oxygen atoms in total. The largest absolute Gasteiger partial charge is 0.294 e. The van der Waals surface area contributed by atoms with Gasteiger partial charge in [-0.15, -0.1) is 0 Å². The van der Waals surface area contributed by atoms with Crippen LogP contribution in [-0.2, 0) is 0 Å². The molecule has 0 N–H and O–H groups in total. The van der Waals surface area contributed by atoms with Crippen molar-refractivity contribution in [2.75, 3.05) is 0 Å². The quantitative estimate of drug-likeness (QED) is 0.743. The van der Waals surface area contributed by atoms with Gasteiger partial charge in [0, 0.05) is 16.0 Å². The monoisotopic (exact) mass is 262 g/mol. The van der Waals surface area contributed by atoms with Crippen LogP contribution in [0.4, 0.5) is 0 Å². The van der Waals surface area contributed by atoms with Gasteiger partial charge in [-0.2, -0.15) is 0 Å². The summed E-state index contributed by atoms with van der Waals surface area (Å²) in [5.74, 6) is 0.191. The van der Waals surface area contributed by atoms with E-state index in [1.165, 1.54) is 0 Å². The average Bonchev–Trinajstić information content (AvgIpc) is 2.30. The first-order valence-corrected chi connectivity index (χ1v) is 5.70. The maximum Gasteiger partial charge on any atom is 0.170 e. The van der Waals surface area contributed by atoms with E-state index >= 15 is 0 Å². The van der Waals surface area contributed by atoms with Gasteiger partial charge in [0.2, 0.25) is 0 Å². The van der Waals surface area contributed by atoms with Gasteiger partial charge in [-0.3, -0.25) is 4.79 Å².